The number of nitrogens with zero attached hydrogens (tertiary/aromatic N) is 2. The summed E-state index contributed by atoms with van der Waals surface area (Å²) in [5, 5.41) is 3.41. The Morgan fingerprint density at radius 2 is 2.14 bits per heavy atom. The number of aromatic nitrogens is 2. The molecule has 0 spiro atoms. The van der Waals surface area contributed by atoms with Gasteiger partial charge < -0.3 is 10.1 Å². The average molecular weight is 422 g/mol. The van der Waals surface area contributed by atoms with E-state index in [1.165, 1.54) is 12.1 Å². The minimum atomic E-state index is -0.358. The first-order chi connectivity index (χ1) is 10.0. The van der Waals surface area contributed by atoms with Crippen molar-refractivity contribution < 1.29 is 9.13 Å². The molecular formula is C14H14ClFIN3O. The topological polar surface area (TPSA) is 47.0 Å². The van der Waals surface area contributed by atoms with E-state index in [-0.39, 0.29) is 5.82 Å². The maximum Gasteiger partial charge on any atom is 0.143 e. The van der Waals surface area contributed by atoms with E-state index in [0.29, 0.717) is 23.9 Å². The lowest BCUT2D eigenvalue weighted by Gasteiger charge is -2.11. The molecule has 0 saturated carbocycles. The Bertz CT molecular complexity index is 654. The van der Waals surface area contributed by atoms with Gasteiger partial charge in [-0.15, -0.1) is 0 Å². The molecule has 0 aliphatic rings. The van der Waals surface area contributed by atoms with Crippen molar-refractivity contribution in [2.45, 2.75) is 13.0 Å². The lowest BCUT2D eigenvalue weighted by atomic mass is 10.1. The van der Waals surface area contributed by atoms with Gasteiger partial charge in [0.15, 0.2) is 0 Å². The first kappa shape index (κ1) is 16.4. The Kier molecular flexibility index (Phi) is 5.72. The van der Waals surface area contributed by atoms with Gasteiger partial charge in [0.1, 0.15) is 17.5 Å². The molecule has 1 N–H and O–H groups in total. The van der Waals surface area contributed by atoms with Gasteiger partial charge in [0.2, 0.25) is 0 Å². The molecule has 21 heavy (non-hydrogen) atoms. The van der Waals surface area contributed by atoms with E-state index in [1.807, 2.05) is 0 Å². The van der Waals surface area contributed by atoms with Crippen LogP contribution in [-0.2, 0) is 17.8 Å². The number of halogens is 3. The van der Waals surface area contributed by atoms with E-state index in [2.05, 4.69) is 37.9 Å². The molecule has 0 aliphatic carbocycles. The fraction of sp³-hybridized carbons (Fsp3) is 0.286. The van der Waals surface area contributed by atoms with Crippen LogP contribution in [0, 0.1) is 9.39 Å². The number of hydrogen-bond acceptors (Lipinski definition) is 4. The molecule has 0 atom stereocenters. The maximum absolute atomic E-state index is 13.1. The van der Waals surface area contributed by atoms with Gasteiger partial charge in [0.05, 0.1) is 15.9 Å². The predicted octanol–water partition coefficient (Wildman–Crippen LogP) is 3.65. The molecule has 2 rings (SSSR count). The van der Waals surface area contributed by atoms with Crippen LogP contribution in [0.3, 0.4) is 0 Å². The van der Waals surface area contributed by atoms with Crippen molar-refractivity contribution in [2.24, 2.45) is 0 Å². The Morgan fingerprint density at radius 3 is 2.76 bits per heavy atom. The van der Waals surface area contributed by atoms with Crippen LogP contribution in [-0.4, -0.2) is 24.1 Å². The van der Waals surface area contributed by atoms with Crippen LogP contribution in [0.1, 0.15) is 17.1 Å². The second-order valence-electron chi connectivity index (χ2n) is 4.34. The number of rotatable bonds is 5. The zero-order valence-corrected chi connectivity index (χ0v) is 14.5. The van der Waals surface area contributed by atoms with Gasteiger partial charge in [0.25, 0.3) is 0 Å². The number of nitrogens with one attached hydrogen (secondary N) is 1. The van der Waals surface area contributed by atoms with E-state index in [1.54, 1.807) is 20.2 Å². The lowest BCUT2D eigenvalue weighted by molar-refractivity contribution is 0.180. The second-order valence-corrected chi connectivity index (χ2v) is 5.83. The molecule has 0 bridgehead atoms. The highest BCUT2D eigenvalue weighted by Crippen LogP contribution is 2.23. The van der Waals surface area contributed by atoms with Gasteiger partial charge in [-0.3, -0.25) is 0 Å². The highest BCUT2D eigenvalue weighted by atomic mass is 127. The molecule has 0 unspecified atom stereocenters. The Morgan fingerprint density at radius 1 is 1.38 bits per heavy atom. The van der Waals surface area contributed by atoms with Gasteiger partial charge in [0, 0.05) is 25.6 Å². The van der Waals surface area contributed by atoms with Crippen molar-refractivity contribution in [3.05, 3.63) is 49.7 Å². The summed E-state index contributed by atoms with van der Waals surface area (Å²) >= 11 is 8.23. The largest absolute Gasteiger partial charge is 0.378 e. The third-order valence-corrected chi connectivity index (χ3v) is 4.33. The third kappa shape index (κ3) is 4.02. The normalized spacial score (nSPS) is 10.7. The molecule has 0 aliphatic heterocycles. The number of anilines is 1. The summed E-state index contributed by atoms with van der Waals surface area (Å²) in [5.41, 5.74) is 1.59. The zero-order chi connectivity index (χ0) is 15.4. The lowest BCUT2D eigenvalue weighted by Crippen LogP contribution is -2.09. The molecule has 0 saturated heterocycles. The van der Waals surface area contributed by atoms with Crippen molar-refractivity contribution >= 4 is 40.0 Å². The van der Waals surface area contributed by atoms with Crippen molar-refractivity contribution in [3.8, 4) is 0 Å². The van der Waals surface area contributed by atoms with Crippen molar-refractivity contribution in [3.63, 3.8) is 0 Å². The van der Waals surface area contributed by atoms with Crippen LogP contribution in [0.25, 0.3) is 0 Å². The van der Waals surface area contributed by atoms with E-state index in [4.69, 9.17) is 16.3 Å². The molecule has 7 heteroatoms. The second kappa shape index (κ2) is 7.33. The first-order valence-electron chi connectivity index (χ1n) is 6.21. The Hall–Kier alpha value is -0.990. The summed E-state index contributed by atoms with van der Waals surface area (Å²) in [6, 6.07) is 4.32. The molecule has 2 aromatic rings. The number of benzene rings is 1. The SMILES string of the molecule is CNc1nc(Cc2ccc(F)cc2Cl)nc(COC)c1I. The van der Waals surface area contributed by atoms with Crippen LogP contribution in [0.15, 0.2) is 18.2 Å². The monoisotopic (exact) mass is 421 g/mol. The molecule has 4 nitrogen and oxygen atoms in total. The molecule has 0 fully saturated rings. The summed E-state index contributed by atoms with van der Waals surface area (Å²) in [5.74, 6) is 0.995. The smallest absolute Gasteiger partial charge is 0.143 e. The van der Waals surface area contributed by atoms with E-state index < -0.39 is 0 Å². The molecule has 1 aromatic carbocycles. The summed E-state index contributed by atoms with van der Waals surface area (Å²) in [6.07, 6.45) is 0.432. The van der Waals surface area contributed by atoms with Gasteiger partial charge in [-0.1, -0.05) is 17.7 Å². The maximum atomic E-state index is 13.1. The van der Waals surface area contributed by atoms with E-state index in [0.717, 1.165) is 20.6 Å². The summed E-state index contributed by atoms with van der Waals surface area (Å²) < 4.78 is 19.2. The van der Waals surface area contributed by atoms with E-state index >= 15 is 0 Å². The van der Waals surface area contributed by atoms with Crippen LogP contribution < -0.4 is 5.32 Å². The summed E-state index contributed by atoms with van der Waals surface area (Å²) in [4.78, 5) is 8.95. The molecular weight excluding hydrogens is 408 g/mol. The number of hydrogen-bond donors (Lipinski definition) is 1. The quantitative estimate of drug-likeness (QED) is 0.749. The van der Waals surface area contributed by atoms with Gasteiger partial charge in [-0.2, -0.15) is 0 Å². The Labute approximate surface area is 141 Å². The molecule has 112 valence electrons. The van der Waals surface area contributed by atoms with Crippen LogP contribution in [0.4, 0.5) is 10.2 Å². The molecule has 0 radical (unpaired) electrons. The first-order valence-corrected chi connectivity index (χ1v) is 7.66. The molecule has 1 aromatic heterocycles. The number of ether oxygens (including phenoxy) is 1. The van der Waals surface area contributed by atoms with Crippen molar-refractivity contribution in [1.29, 1.82) is 0 Å². The van der Waals surface area contributed by atoms with Crippen LogP contribution in [0.2, 0.25) is 5.02 Å². The zero-order valence-electron chi connectivity index (χ0n) is 11.6. The summed E-state index contributed by atoms with van der Waals surface area (Å²) in [6.45, 7) is 0.402. The average Bonchev–Trinajstić information content (AvgIpc) is 2.45. The van der Waals surface area contributed by atoms with Gasteiger partial charge >= 0.3 is 0 Å². The molecule has 1 heterocycles. The van der Waals surface area contributed by atoms with Crippen LogP contribution in [0.5, 0.6) is 0 Å². The van der Waals surface area contributed by atoms with E-state index in [9.17, 15) is 4.39 Å². The molecule has 0 amide bonds. The summed E-state index contributed by atoms with van der Waals surface area (Å²) in [7, 11) is 3.42. The predicted molar refractivity (Wildman–Crippen MR) is 89.2 cm³/mol. The highest BCUT2D eigenvalue weighted by molar-refractivity contribution is 14.1. The van der Waals surface area contributed by atoms with Crippen LogP contribution >= 0.6 is 34.2 Å². The van der Waals surface area contributed by atoms with Crippen molar-refractivity contribution in [1.82, 2.24) is 9.97 Å². The number of methoxy groups -OCH3 is 1. The third-order valence-electron chi connectivity index (χ3n) is 2.85. The minimum absolute atomic E-state index is 0.358. The van der Waals surface area contributed by atoms with Gasteiger partial charge in [-0.25, -0.2) is 14.4 Å². The van der Waals surface area contributed by atoms with Crippen molar-refractivity contribution in [2.75, 3.05) is 19.5 Å². The standard InChI is InChI=1S/C14H14ClFIN3O/c1-18-14-13(17)11(7-21-2)19-12(20-14)5-8-3-4-9(16)6-10(8)15/h3-4,6H,5,7H2,1-2H3,(H,18,19,20). The highest BCUT2D eigenvalue weighted by Gasteiger charge is 2.13. The van der Waals surface area contributed by atoms with Gasteiger partial charge in [-0.05, 0) is 40.3 Å². The Balaban J connectivity index is 2.37. The fourth-order valence-corrected chi connectivity index (χ4v) is 2.76. The minimum Gasteiger partial charge on any atom is -0.378 e. The fourth-order valence-electron chi connectivity index (χ4n) is 1.86.